The summed E-state index contributed by atoms with van der Waals surface area (Å²) in [6, 6.07) is 31.1. The third kappa shape index (κ3) is 5.20. The lowest BCUT2D eigenvalue weighted by molar-refractivity contribution is 0.589. The molecule has 5 aromatic carbocycles. The topological polar surface area (TPSA) is 20.7 Å². The van der Waals surface area contributed by atoms with Crippen molar-refractivity contribution in [2.24, 2.45) is 0 Å². The monoisotopic (exact) mass is 644 g/mol. The van der Waals surface area contributed by atoms with Crippen molar-refractivity contribution in [3.63, 3.8) is 0 Å². The van der Waals surface area contributed by atoms with Gasteiger partial charge in [0.05, 0.1) is 16.6 Å². The van der Waals surface area contributed by atoms with Crippen molar-refractivity contribution in [3.8, 4) is 16.8 Å². The molecule has 7 rings (SSSR count). The summed E-state index contributed by atoms with van der Waals surface area (Å²) in [4.78, 5) is 3.85. The molecule has 0 saturated heterocycles. The van der Waals surface area contributed by atoms with Crippen LogP contribution in [0.2, 0.25) is 10.0 Å². The average Bonchev–Trinajstić information content (AvgIpc) is 3.49. The minimum Gasteiger partial charge on any atom is -0.354 e. The number of hydrogen-bond donors (Lipinski definition) is 1. The normalized spacial score (nSPS) is 13.1. The SMILES string of the molecule is CC(C)(C)c1cc(-c2cc(C(C)(C)C)cc3c2[nH]c2ccc(C(C)(C)C)cc23)cc(-n2c3ccc(Cl)cc3c3cc(Cl)ccc32)c1. The molecule has 0 unspecified atom stereocenters. The summed E-state index contributed by atoms with van der Waals surface area (Å²) in [6.07, 6.45) is 0. The Morgan fingerprint density at radius 1 is 0.500 bits per heavy atom. The van der Waals surface area contributed by atoms with Crippen LogP contribution < -0.4 is 0 Å². The predicted molar refractivity (Wildman–Crippen MR) is 202 cm³/mol. The number of fused-ring (bicyclic) bond motifs is 6. The first-order valence-electron chi connectivity index (χ1n) is 16.1. The van der Waals surface area contributed by atoms with E-state index in [4.69, 9.17) is 23.2 Å². The average molecular weight is 646 g/mol. The van der Waals surface area contributed by atoms with Gasteiger partial charge in [0.2, 0.25) is 0 Å². The van der Waals surface area contributed by atoms with Gasteiger partial charge in [-0.15, -0.1) is 0 Å². The number of nitrogens with zero attached hydrogens (tertiary/aromatic N) is 1. The Bertz CT molecular complexity index is 2270. The van der Waals surface area contributed by atoms with Crippen LogP contribution in [0.1, 0.15) is 79.0 Å². The second kappa shape index (κ2) is 10.4. The van der Waals surface area contributed by atoms with Crippen LogP contribution in [0.15, 0.2) is 84.9 Å². The van der Waals surface area contributed by atoms with E-state index in [1.807, 2.05) is 24.3 Å². The maximum atomic E-state index is 6.53. The molecule has 0 atom stereocenters. The van der Waals surface area contributed by atoms with E-state index in [2.05, 4.69) is 133 Å². The molecule has 2 aromatic heterocycles. The lowest BCUT2D eigenvalue weighted by Crippen LogP contribution is -2.13. The molecule has 0 fully saturated rings. The Morgan fingerprint density at radius 2 is 1.04 bits per heavy atom. The van der Waals surface area contributed by atoms with E-state index in [0.29, 0.717) is 10.0 Å². The zero-order valence-corrected chi connectivity index (χ0v) is 29.8. The molecular formula is C42H42Cl2N2. The van der Waals surface area contributed by atoms with Crippen molar-refractivity contribution in [2.75, 3.05) is 0 Å². The summed E-state index contributed by atoms with van der Waals surface area (Å²) in [7, 11) is 0. The molecule has 0 bridgehead atoms. The molecule has 46 heavy (non-hydrogen) atoms. The van der Waals surface area contributed by atoms with Gasteiger partial charge in [-0.2, -0.15) is 0 Å². The van der Waals surface area contributed by atoms with E-state index in [0.717, 1.165) is 27.5 Å². The fourth-order valence-corrected chi connectivity index (χ4v) is 7.05. The molecule has 0 saturated carbocycles. The Balaban J connectivity index is 1.58. The van der Waals surface area contributed by atoms with Crippen LogP contribution in [-0.4, -0.2) is 9.55 Å². The van der Waals surface area contributed by atoms with Crippen LogP contribution in [0.5, 0.6) is 0 Å². The van der Waals surface area contributed by atoms with E-state index in [9.17, 15) is 0 Å². The third-order valence-electron chi connectivity index (χ3n) is 9.48. The van der Waals surface area contributed by atoms with Gasteiger partial charge in [-0.25, -0.2) is 0 Å². The summed E-state index contributed by atoms with van der Waals surface area (Å²) < 4.78 is 2.36. The van der Waals surface area contributed by atoms with Crippen molar-refractivity contribution < 1.29 is 0 Å². The smallest absolute Gasteiger partial charge is 0.0544 e. The molecule has 0 amide bonds. The number of nitrogens with one attached hydrogen (secondary N) is 1. The third-order valence-corrected chi connectivity index (χ3v) is 9.95. The Hall–Kier alpha value is -3.72. The standard InChI is InChI=1S/C42H42Cl2N2/c1-40(2,3)25-10-13-36-32(19-25)35-21-27(42(7,8)9)20-31(39(35)45-36)24-16-26(41(4,5)6)18-30(17-24)46-37-14-11-28(43)22-33(37)34-23-29(44)12-15-38(34)46/h10-23,45H,1-9H3. The lowest BCUT2D eigenvalue weighted by Gasteiger charge is -2.24. The number of benzene rings is 5. The van der Waals surface area contributed by atoms with Crippen LogP contribution in [-0.2, 0) is 16.2 Å². The highest BCUT2D eigenvalue weighted by Crippen LogP contribution is 2.42. The number of aromatic amines is 1. The first-order chi connectivity index (χ1) is 21.5. The number of H-pyrrole nitrogens is 1. The van der Waals surface area contributed by atoms with Crippen molar-refractivity contribution in [3.05, 3.63) is 112 Å². The van der Waals surface area contributed by atoms with Crippen LogP contribution in [0.4, 0.5) is 0 Å². The van der Waals surface area contributed by atoms with Gasteiger partial charge in [-0.1, -0.05) is 97.6 Å². The highest BCUT2D eigenvalue weighted by atomic mass is 35.5. The number of halogens is 2. The second-order valence-corrected chi connectivity index (χ2v) is 16.9. The molecule has 0 aliphatic heterocycles. The van der Waals surface area contributed by atoms with E-state index >= 15 is 0 Å². The van der Waals surface area contributed by atoms with Gasteiger partial charge in [0, 0.05) is 48.4 Å². The Labute approximate surface area is 282 Å². The Morgan fingerprint density at radius 3 is 1.61 bits per heavy atom. The van der Waals surface area contributed by atoms with E-state index in [-0.39, 0.29) is 16.2 Å². The van der Waals surface area contributed by atoms with Crippen LogP contribution >= 0.6 is 23.2 Å². The molecule has 234 valence electrons. The Kier molecular flexibility index (Phi) is 6.98. The molecule has 0 aliphatic carbocycles. The van der Waals surface area contributed by atoms with Crippen molar-refractivity contribution in [1.29, 1.82) is 0 Å². The quantitative estimate of drug-likeness (QED) is 0.193. The highest BCUT2D eigenvalue weighted by Gasteiger charge is 2.24. The minimum absolute atomic E-state index is 0.0238. The molecule has 2 nitrogen and oxygen atoms in total. The van der Waals surface area contributed by atoms with Gasteiger partial charge in [0.25, 0.3) is 0 Å². The van der Waals surface area contributed by atoms with Gasteiger partial charge >= 0.3 is 0 Å². The molecule has 7 aromatic rings. The summed E-state index contributed by atoms with van der Waals surface area (Å²) in [6.45, 7) is 20.6. The van der Waals surface area contributed by atoms with Crippen molar-refractivity contribution in [2.45, 2.75) is 78.6 Å². The lowest BCUT2D eigenvalue weighted by atomic mass is 9.82. The van der Waals surface area contributed by atoms with Crippen LogP contribution in [0.25, 0.3) is 60.4 Å². The van der Waals surface area contributed by atoms with E-state index in [1.165, 1.54) is 49.6 Å². The fourth-order valence-electron chi connectivity index (χ4n) is 6.70. The molecule has 0 aliphatic rings. The van der Waals surface area contributed by atoms with Crippen LogP contribution in [0.3, 0.4) is 0 Å². The first kappa shape index (κ1) is 30.9. The van der Waals surface area contributed by atoms with Gasteiger partial charge in [0.15, 0.2) is 0 Å². The zero-order chi connectivity index (χ0) is 32.9. The van der Waals surface area contributed by atoms with Crippen LogP contribution in [0, 0.1) is 0 Å². The van der Waals surface area contributed by atoms with Crippen molar-refractivity contribution >= 4 is 66.8 Å². The second-order valence-electron chi connectivity index (χ2n) is 16.0. The van der Waals surface area contributed by atoms with Gasteiger partial charge in [-0.05, 0) is 111 Å². The number of rotatable bonds is 2. The highest BCUT2D eigenvalue weighted by molar-refractivity contribution is 6.33. The zero-order valence-electron chi connectivity index (χ0n) is 28.3. The van der Waals surface area contributed by atoms with Gasteiger partial charge in [0.1, 0.15) is 0 Å². The number of hydrogen-bond acceptors (Lipinski definition) is 0. The van der Waals surface area contributed by atoms with E-state index in [1.54, 1.807) is 0 Å². The fraction of sp³-hybridized carbons (Fsp3) is 0.286. The molecular weight excluding hydrogens is 603 g/mol. The van der Waals surface area contributed by atoms with E-state index < -0.39 is 0 Å². The first-order valence-corrected chi connectivity index (χ1v) is 16.9. The minimum atomic E-state index is -0.0705. The molecule has 2 heterocycles. The largest absolute Gasteiger partial charge is 0.354 e. The molecule has 1 N–H and O–H groups in total. The predicted octanol–water partition coefficient (Wildman–Crippen LogP) is 13.3. The maximum Gasteiger partial charge on any atom is 0.0544 e. The molecule has 4 heteroatoms. The summed E-state index contributed by atoms with van der Waals surface area (Å²) in [5.74, 6) is 0. The summed E-state index contributed by atoms with van der Waals surface area (Å²) in [5, 5.41) is 6.16. The maximum absolute atomic E-state index is 6.53. The van der Waals surface area contributed by atoms with Gasteiger partial charge < -0.3 is 9.55 Å². The molecule has 0 spiro atoms. The van der Waals surface area contributed by atoms with Gasteiger partial charge in [-0.3, -0.25) is 0 Å². The summed E-state index contributed by atoms with van der Waals surface area (Å²) in [5.41, 5.74) is 12.0. The molecule has 0 radical (unpaired) electrons. The van der Waals surface area contributed by atoms with Crippen molar-refractivity contribution in [1.82, 2.24) is 9.55 Å². The number of aromatic nitrogens is 2. The summed E-state index contributed by atoms with van der Waals surface area (Å²) >= 11 is 13.1.